The highest BCUT2D eigenvalue weighted by Gasteiger charge is 2.32. The van der Waals surface area contributed by atoms with Crippen LogP contribution in [0.25, 0.3) is 10.9 Å². The van der Waals surface area contributed by atoms with Gasteiger partial charge in [-0.15, -0.1) is 5.53 Å². The van der Waals surface area contributed by atoms with E-state index >= 15 is 0 Å². The lowest BCUT2D eigenvalue weighted by atomic mass is 10.00. The van der Waals surface area contributed by atoms with Crippen LogP contribution in [0.4, 0.5) is 15.8 Å². The molecule has 1 aliphatic heterocycles. The normalized spacial score (nSPS) is 16.8. The molecule has 2 aliphatic rings. The van der Waals surface area contributed by atoms with Crippen molar-refractivity contribution in [3.63, 3.8) is 0 Å². The molecule has 0 saturated heterocycles. The van der Waals surface area contributed by atoms with Crippen molar-refractivity contribution >= 4 is 38.2 Å². The van der Waals surface area contributed by atoms with Crippen LogP contribution in [0.5, 0.6) is 0 Å². The van der Waals surface area contributed by atoms with E-state index < -0.39 is 6.02 Å². The molecule has 4 N–H and O–H groups in total. The molecular weight excluding hydrogens is 595 g/mol. The first-order chi connectivity index (χ1) is 20.9. The number of hydrogen-bond donors (Lipinski definition) is 4. The zero-order valence-electron chi connectivity index (χ0n) is 23.5. The molecule has 2 atom stereocenters. The minimum Gasteiger partial charge on any atom is -0.377 e. The maximum atomic E-state index is 13.9. The molecule has 0 bridgehead atoms. The van der Waals surface area contributed by atoms with E-state index in [0.717, 1.165) is 18.4 Å². The zero-order valence-corrected chi connectivity index (χ0v) is 24.1. The Bertz CT molecular complexity index is 1770. The fourth-order valence-corrected chi connectivity index (χ4v) is 5.59. The summed E-state index contributed by atoms with van der Waals surface area (Å²) < 4.78 is 24.2. The largest absolute Gasteiger partial charge is 0.377 e. The number of pyridine rings is 1. The third-order valence-corrected chi connectivity index (χ3v) is 7.91. The number of anilines is 2. The summed E-state index contributed by atoms with van der Waals surface area (Å²) in [4.78, 5) is 4.56. The molecule has 0 radical (unpaired) electrons. The van der Waals surface area contributed by atoms with Gasteiger partial charge in [0.25, 0.3) is 0 Å². The average Bonchev–Trinajstić information content (AvgIpc) is 3.75. The molecule has 1 saturated carbocycles. The number of benzene rings is 3. The molecule has 210 valence electrons. The molecule has 6 rings (SSSR count). The van der Waals surface area contributed by atoms with Gasteiger partial charge in [-0.1, -0.05) is 42.5 Å². The highest BCUT2D eigenvalue weighted by molar-refractivity contribution is 9.10. The summed E-state index contributed by atoms with van der Waals surface area (Å²) in [5, 5.41) is 28.9. The average molecular weight is 625 g/mol. The van der Waals surface area contributed by atoms with Crippen molar-refractivity contribution in [1.82, 2.24) is 21.0 Å². The number of hydrogen-bond acceptors (Lipinski definition) is 8. The Hall–Kier alpha value is -4.64. The summed E-state index contributed by atoms with van der Waals surface area (Å²) in [6.07, 6.45) is 6.41. The van der Waals surface area contributed by atoms with Gasteiger partial charge in [-0.3, -0.25) is 9.99 Å². The Balaban J connectivity index is 1.44. The van der Waals surface area contributed by atoms with Crippen LogP contribution < -0.4 is 21.6 Å². The Morgan fingerprint density at radius 1 is 1.10 bits per heavy atom. The predicted molar refractivity (Wildman–Crippen MR) is 164 cm³/mol. The molecule has 2 heterocycles. The van der Waals surface area contributed by atoms with Crippen molar-refractivity contribution in [2.24, 2.45) is 0 Å². The van der Waals surface area contributed by atoms with Crippen molar-refractivity contribution in [2.75, 3.05) is 10.6 Å². The molecule has 8 nitrogen and oxygen atoms in total. The third-order valence-electron chi connectivity index (χ3n) is 7.31. The van der Waals surface area contributed by atoms with E-state index in [1.54, 1.807) is 12.1 Å². The molecule has 0 spiro atoms. The number of hydrazine groups is 2. The highest BCUT2D eigenvalue weighted by atomic mass is 79.9. The highest BCUT2D eigenvalue weighted by Crippen LogP contribution is 2.38. The SMILES string of the molecule is [2H][C@@](Nc1cc(Br)c2ncc(C#N)c(N[C@H](CCC#N)c3ccccc3)c2c1)(C1=CN(C2CC2)NN1)c1ccc(F)cc1. The first kappa shape index (κ1) is 26.3. The lowest BCUT2D eigenvalue weighted by molar-refractivity contribution is 0.260. The van der Waals surface area contributed by atoms with Crippen molar-refractivity contribution in [2.45, 2.75) is 43.8 Å². The number of nitriles is 2. The minimum absolute atomic E-state index is 0.226. The fourth-order valence-electron chi connectivity index (χ4n) is 5.02. The van der Waals surface area contributed by atoms with E-state index in [1.807, 2.05) is 53.7 Å². The molecule has 1 aliphatic carbocycles. The monoisotopic (exact) mass is 623 g/mol. The van der Waals surface area contributed by atoms with Crippen molar-refractivity contribution in [3.8, 4) is 12.1 Å². The maximum Gasteiger partial charge on any atom is 0.123 e. The van der Waals surface area contributed by atoms with Crippen LogP contribution in [0.15, 0.2) is 89.3 Å². The number of aromatic nitrogens is 1. The summed E-state index contributed by atoms with van der Waals surface area (Å²) >= 11 is 3.66. The van der Waals surface area contributed by atoms with Crippen LogP contribution >= 0.6 is 15.9 Å². The van der Waals surface area contributed by atoms with E-state index in [4.69, 9.17) is 0 Å². The van der Waals surface area contributed by atoms with Crippen molar-refractivity contribution in [1.29, 1.82) is 10.5 Å². The minimum atomic E-state index is -1.52. The van der Waals surface area contributed by atoms with Gasteiger partial charge >= 0.3 is 0 Å². The third kappa shape index (κ3) is 5.87. The Morgan fingerprint density at radius 2 is 1.88 bits per heavy atom. The van der Waals surface area contributed by atoms with Crippen LogP contribution in [0.2, 0.25) is 0 Å². The van der Waals surface area contributed by atoms with E-state index in [0.29, 0.717) is 62.5 Å². The summed E-state index contributed by atoms with van der Waals surface area (Å²) in [6.45, 7) is 0. The first-order valence-electron chi connectivity index (χ1n) is 14.2. The predicted octanol–water partition coefficient (Wildman–Crippen LogP) is 6.95. The maximum absolute atomic E-state index is 13.9. The number of halogens is 2. The van der Waals surface area contributed by atoms with E-state index in [9.17, 15) is 16.3 Å². The summed E-state index contributed by atoms with van der Waals surface area (Å²) in [6, 6.07) is 22.5. The zero-order chi connectivity index (χ0) is 30.0. The topological polar surface area (TPSA) is 112 Å². The van der Waals surface area contributed by atoms with Gasteiger partial charge in [-0.25, -0.2) is 4.39 Å². The van der Waals surface area contributed by atoms with Gasteiger partial charge < -0.3 is 16.1 Å². The molecule has 4 aromatic rings. The number of nitrogens with zero attached hydrogens (tertiary/aromatic N) is 4. The van der Waals surface area contributed by atoms with Crippen LogP contribution in [0, 0.1) is 28.5 Å². The second-order valence-electron chi connectivity index (χ2n) is 10.2. The number of nitrogens with one attached hydrogen (secondary N) is 4. The van der Waals surface area contributed by atoms with Crippen LogP contribution in [-0.2, 0) is 0 Å². The van der Waals surface area contributed by atoms with Gasteiger partial charge in [0, 0.05) is 40.4 Å². The Morgan fingerprint density at radius 3 is 2.60 bits per heavy atom. The molecule has 1 aromatic heterocycles. The molecular formula is C32H28BrFN8. The molecule has 42 heavy (non-hydrogen) atoms. The molecule has 0 unspecified atom stereocenters. The lowest BCUT2D eigenvalue weighted by Crippen LogP contribution is -2.38. The lowest BCUT2D eigenvalue weighted by Gasteiger charge is -2.24. The van der Waals surface area contributed by atoms with Crippen molar-refractivity contribution in [3.05, 3.63) is 112 Å². The van der Waals surface area contributed by atoms with E-state index in [-0.39, 0.29) is 11.9 Å². The molecule has 3 aromatic carbocycles. The van der Waals surface area contributed by atoms with Crippen LogP contribution in [0.3, 0.4) is 0 Å². The van der Waals surface area contributed by atoms with E-state index in [2.05, 4.69) is 54.6 Å². The Labute approximate surface area is 253 Å². The van der Waals surface area contributed by atoms with Gasteiger partial charge in [0.1, 0.15) is 11.9 Å². The molecule has 1 fully saturated rings. The smallest absolute Gasteiger partial charge is 0.123 e. The Kier molecular flexibility index (Phi) is 7.55. The second kappa shape index (κ2) is 12.1. The van der Waals surface area contributed by atoms with Gasteiger partial charge in [0.05, 0.1) is 42.0 Å². The molecule has 0 amide bonds. The van der Waals surface area contributed by atoms with Gasteiger partial charge in [-0.05, 0) is 70.6 Å². The van der Waals surface area contributed by atoms with Gasteiger partial charge in [-0.2, -0.15) is 10.5 Å². The number of fused-ring (bicyclic) bond motifs is 1. The summed E-state index contributed by atoms with van der Waals surface area (Å²) in [5.74, 6) is -0.388. The molecule has 10 heteroatoms. The number of rotatable bonds is 10. The van der Waals surface area contributed by atoms with Crippen LogP contribution in [-0.4, -0.2) is 16.0 Å². The quantitative estimate of drug-likeness (QED) is 0.150. The van der Waals surface area contributed by atoms with Gasteiger partial charge in [0.15, 0.2) is 0 Å². The van der Waals surface area contributed by atoms with E-state index in [1.165, 1.54) is 18.3 Å². The summed E-state index contributed by atoms with van der Waals surface area (Å²) in [7, 11) is 0. The van der Waals surface area contributed by atoms with Crippen molar-refractivity contribution < 1.29 is 5.76 Å². The van der Waals surface area contributed by atoms with Crippen LogP contribution in [0.1, 0.15) is 55.8 Å². The summed E-state index contributed by atoms with van der Waals surface area (Å²) in [5.41, 5.74) is 10.5. The fraction of sp³-hybridized carbons (Fsp3) is 0.219. The van der Waals surface area contributed by atoms with Gasteiger partial charge in [0.2, 0.25) is 0 Å². The second-order valence-corrected chi connectivity index (χ2v) is 11.1. The first-order valence-corrected chi connectivity index (χ1v) is 14.5. The standard InChI is InChI=1S/C32H28BrFN8/c33-27-16-24(38-31(21-8-10-23(34)11-9-21)29-19-42(41-40-29)25-12-13-25)15-26-30(22(17-36)18-37-32(26)27)39-28(7-4-14-35)20-5-2-1-3-6-20/h1-3,5-6,8-11,15-16,18-19,25,28,31,38,40-41H,4,7,12-13H2,(H,37,39)/t28-,31+/m1/s1/i31D.